The van der Waals surface area contributed by atoms with Crippen LogP contribution >= 0.6 is 0 Å². The third-order valence-corrected chi connectivity index (χ3v) is 4.72. The number of nitrogens with zero attached hydrogens (tertiary/aromatic N) is 4. The molecule has 1 aromatic heterocycles. The van der Waals surface area contributed by atoms with E-state index in [-0.39, 0.29) is 5.91 Å². The number of aryl methyl sites for hydroxylation is 1. The molecule has 2 N–H and O–H groups in total. The number of rotatable bonds is 9. The van der Waals surface area contributed by atoms with Crippen LogP contribution in [0.3, 0.4) is 0 Å². The second kappa shape index (κ2) is 11.4. The summed E-state index contributed by atoms with van der Waals surface area (Å²) in [6.45, 7) is 11.1. The number of carbonyl (C=O) groups is 1. The molecule has 0 aliphatic carbocycles. The van der Waals surface area contributed by atoms with Crippen molar-refractivity contribution in [2.75, 3.05) is 20.1 Å². The van der Waals surface area contributed by atoms with Gasteiger partial charge in [-0.05, 0) is 37.0 Å². The van der Waals surface area contributed by atoms with Gasteiger partial charge in [0, 0.05) is 51.1 Å². The number of aliphatic imine (C=N–C) groups is 1. The summed E-state index contributed by atoms with van der Waals surface area (Å²) in [5.74, 6) is 1.16. The van der Waals surface area contributed by atoms with Crippen LogP contribution in [0.15, 0.2) is 35.5 Å². The molecule has 7 nitrogen and oxygen atoms in total. The molecule has 0 aliphatic heterocycles. The maximum absolute atomic E-state index is 12.2. The average molecular weight is 413 g/mol. The van der Waals surface area contributed by atoms with Crippen LogP contribution in [-0.2, 0) is 20.1 Å². The van der Waals surface area contributed by atoms with Gasteiger partial charge in [-0.1, -0.05) is 32.9 Å². The smallest absolute Gasteiger partial charge is 0.251 e. The first-order valence-electron chi connectivity index (χ1n) is 10.7. The highest BCUT2D eigenvalue weighted by Crippen LogP contribution is 2.18. The van der Waals surface area contributed by atoms with Gasteiger partial charge in [0.15, 0.2) is 5.96 Å². The second-order valence-corrected chi connectivity index (χ2v) is 7.85. The lowest BCUT2D eigenvalue weighted by Gasteiger charge is -2.22. The zero-order valence-electron chi connectivity index (χ0n) is 19.2. The van der Waals surface area contributed by atoms with Crippen molar-refractivity contribution >= 4 is 11.9 Å². The largest absolute Gasteiger partial charge is 0.357 e. The van der Waals surface area contributed by atoms with E-state index < -0.39 is 0 Å². The molecule has 0 unspecified atom stereocenters. The molecule has 0 bridgehead atoms. The third kappa shape index (κ3) is 6.61. The maximum Gasteiger partial charge on any atom is 0.251 e. The number of carbonyl (C=O) groups excluding carboxylic acids is 1. The van der Waals surface area contributed by atoms with Crippen LogP contribution in [0, 0.1) is 0 Å². The number of aromatic nitrogens is 2. The van der Waals surface area contributed by atoms with Gasteiger partial charge in [0.1, 0.15) is 0 Å². The van der Waals surface area contributed by atoms with Gasteiger partial charge in [-0.2, -0.15) is 5.10 Å². The minimum absolute atomic E-state index is 0.0375. The van der Waals surface area contributed by atoms with Gasteiger partial charge in [-0.15, -0.1) is 0 Å². The van der Waals surface area contributed by atoms with Gasteiger partial charge >= 0.3 is 0 Å². The molecule has 1 amide bonds. The first-order chi connectivity index (χ1) is 14.3. The first-order valence-corrected chi connectivity index (χ1v) is 10.7. The van der Waals surface area contributed by atoms with Crippen molar-refractivity contribution in [3.63, 3.8) is 0 Å². The molecule has 0 atom stereocenters. The van der Waals surface area contributed by atoms with Gasteiger partial charge in [-0.3, -0.25) is 9.48 Å². The molecule has 0 saturated carbocycles. The predicted molar refractivity (Wildman–Crippen MR) is 123 cm³/mol. The van der Waals surface area contributed by atoms with Gasteiger partial charge in [-0.25, -0.2) is 4.99 Å². The highest BCUT2D eigenvalue weighted by atomic mass is 16.1. The third-order valence-electron chi connectivity index (χ3n) is 4.72. The number of hydrogen-bond donors (Lipinski definition) is 2. The average Bonchev–Trinajstić information content (AvgIpc) is 3.09. The fourth-order valence-corrected chi connectivity index (χ4v) is 3.28. The molecular weight excluding hydrogens is 376 g/mol. The number of guanidine groups is 1. The molecule has 2 aromatic rings. The van der Waals surface area contributed by atoms with Crippen LogP contribution in [0.1, 0.15) is 67.2 Å². The summed E-state index contributed by atoms with van der Waals surface area (Å²) < 4.78 is 1.87. The number of hydrogen-bond acceptors (Lipinski definition) is 3. The van der Waals surface area contributed by atoms with E-state index in [4.69, 9.17) is 4.99 Å². The van der Waals surface area contributed by atoms with E-state index in [9.17, 15) is 4.79 Å². The zero-order chi connectivity index (χ0) is 22.1. The molecule has 0 fully saturated rings. The fourth-order valence-electron chi connectivity index (χ4n) is 3.28. The number of amides is 1. The second-order valence-electron chi connectivity index (χ2n) is 7.85. The molecule has 164 valence electrons. The van der Waals surface area contributed by atoms with Gasteiger partial charge in [0.05, 0.1) is 12.2 Å². The molecule has 7 heteroatoms. The maximum atomic E-state index is 12.2. The van der Waals surface area contributed by atoms with Crippen LogP contribution in [0.25, 0.3) is 0 Å². The van der Waals surface area contributed by atoms with E-state index in [1.807, 2.05) is 50.0 Å². The summed E-state index contributed by atoms with van der Waals surface area (Å²) in [5, 5.41) is 10.9. The van der Waals surface area contributed by atoms with E-state index >= 15 is 0 Å². The highest BCUT2D eigenvalue weighted by Gasteiger charge is 2.15. The van der Waals surface area contributed by atoms with E-state index in [1.165, 1.54) is 5.56 Å². The quantitative estimate of drug-likeness (QED) is 0.490. The van der Waals surface area contributed by atoms with E-state index in [0.717, 1.165) is 36.7 Å². The van der Waals surface area contributed by atoms with Crippen molar-refractivity contribution in [2.45, 2.75) is 53.1 Å². The van der Waals surface area contributed by atoms with Crippen molar-refractivity contribution in [1.29, 1.82) is 0 Å². The molecule has 0 radical (unpaired) electrons. The van der Waals surface area contributed by atoms with Crippen LogP contribution in [0.5, 0.6) is 0 Å². The molecule has 0 saturated heterocycles. The predicted octanol–water partition coefficient (Wildman–Crippen LogP) is 3.28. The number of nitrogens with one attached hydrogen (secondary N) is 2. The Kier molecular flexibility index (Phi) is 8.89. The van der Waals surface area contributed by atoms with Crippen molar-refractivity contribution in [1.82, 2.24) is 25.3 Å². The summed E-state index contributed by atoms with van der Waals surface area (Å²) in [5.41, 5.74) is 4.00. The molecule has 0 spiro atoms. The summed E-state index contributed by atoms with van der Waals surface area (Å²) in [7, 11) is 3.99. The summed E-state index contributed by atoms with van der Waals surface area (Å²) in [6, 6.07) is 7.66. The standard InChI is InChI=1S/C23H36N6O/c1-7-12-25-22(30)19-11-9-10-18(13-19)14-26-23(24-8-2)28(5)15-20-16-29(6)27-21(20)17(3)4/h9-11,13,16-17H,7-8,12,14-15H2,1-6H3,(H,24,26)(H,25,30). The number of benzene rings is 1. The SMILES string of the molecule is CCCNC(=O)c1cccc(CN=C(NCC)N(C)Cc2cn(C)nc2C(C)C)c1. The lowest BCUT2D eigenvalue weighted by atomic mass is 10.1. The van der Waals surface area contributed by atoms with Gasteiger partial charge in [0.25, 0.3) is 5.91 Å². The first kappa shape index (κ1) is 23.4. The van der Waals surface area contributed by atoms with Crippen molar-refractivity contribution in [3.05, 3.63) is 52.8 Å². The van der Waals surface area contributed by atoms with Crippen LogP contribution in [-0.4, -0.2) is 46.7 Å². The van der Waals surface area contributed by atoms with Gasteiger partial charge in [0.2, 0.25) is 0 Å². The lowest BCUT2D eigenvalue weighted by Crippen LogP contribution is -2.38. The Bertz CT molecular complexity index is 855. The molecular formula is C23H36N6O. The van der Waals surface area contributed by atoms with Crippen molar-refractivity contribution < 1.29 is 4.79 Å². The lowest BCUT2D eigenvalue weighted by molar-refractivity contribution is 0.0953. The molecule has 30 heavy (non-hydrogen) atoms. The van der Waals surface area contributed by atoms with Crippen LogP contribution in [0.4, 0.5) is 0 Å². The molecule has 0 aliphatic rings. The van der Waals surface area contributed by atoms with E-state index in [2.05, 4.69) is 47.6 Å². The van der Waals surface area contributed by atoms with E-state index in [1.54, 1.807) is 0 Å². The monoisotopic (exact) mass is 412 g/mol. The van der Waals surface area contributed by atoms with Crippen LogP contribution in [0.2, 0.25) is 0 Å². The molecule has 2 rings (SSSR count). The Labute approximate surface area is 180 Å². The fraction of sp³-hybridized carbons (Fsp3) is 0.522. The van der Waals surface area contributed by atoms with E-state index in [0.29, 0.717) is 24.6 Å². The Morgan fingerprint density at radius 2 is 2.03 bits per heavy atom. The Balaban J connectivity index is 2.13. The van der Waals surface area contributed by atoms with Crippen molar-refractivity contribution in [3.8, 4) is 0 Å². The van der Waals surface area contributed by atoms with Crippen LogP contribution < -0.4 is 10.6 Å². The Hall–Kier alpha value is -2.83. The molecule has 1 heterocycles. The minimum atomic E-state index is -0.0375. The highest BCUT2D eigenvalue weighted by molar-refractivity contribution is 5.94. The Morgan fingerprint density at radius 3 is 2.70 bits per heavy atom. The molecule has 1 aromatic carbocycles. The normalized spacial score (nSPS) is 11.6. The Morgan fingerprint density at radius 1 is 1.27 bits per heavy atom. The van der Waals surface area contributed by atoms with Crippen molar-refractivity contribution in [2.24, 2.45) is 12.0 Å². The summed E-state index contributed by atoms with van der Waals surface area (Å²) in [6.07, 6.45) is 3.00. The topological polar surface area (TPSA) is 74.6 Å². The zero-order valence-corrected chi connectivity index (χ0v) is 19.2. The minimum Gasteiger partial charge on any atom is -0.357 e. The van der Waals surface area contributed by atoms with Gasteiger partial charge < -0.3 is 15.5 Å². The summed E-state index contributed by atoms with van der Waals surface area (Å²) >= 11 is 0. The summed E-state index contributed by atoms with van der Waals surface area (Å²) in [4.78, 5) is 19.1.